The van der Waals surface area contributed by atoms with Gasteiger partial charge in [0.05, 0.1) is 4.90 Å². The zero-order chi connectivity index (χ0) is 11.1. The Labute approximate surface area is 109 Å². The maximum Gasteiger partial charge on any atom is 2.00 e. The summed E-state index contributed by atoms with van der Waals surface area (Å²) < 4.78 is 30.7. The fourth-order valence-electron chi connectivity index (χ4n) is 1.44. The van der Waals surface area contributed by atoms with Crippen LogP contribution in [-0.2, 0) is 10.1 Å². The fourth-order valence-corrected chi connectivity index (χ4v) is 1.94. The van der Waals surface area contributed by atoms with Crippen molar-refractivity contribution in [3.8, 4) is 0 Å². The van der Waals surface area contributed by atoms with Crippen molar-refractivity contribution < 1.29 is 13.0 Å². The molecule has 0 heterocycles. The van der Waals surface area contributed by atoms with E-state index in [0.717, 1.165) is 5.39 Å². The molecule has 0 atom stereocenters. The van der Waals surface area contributed by atoms with E-state index in [9.17, 15) is 8.42 Å². The van der Waals surface area contributed by atoms with Crippen LogP contribution in [0.3, 0.4) is 0 Å². The van der Waals surface area contributed by atoms with Gasteiger partial charge in [0.15, 0.2) is 0 Å². The third kappa shape index (κ3) is 2.46. The fraction of sp³-hybridized carbons (Fsp3) is 0. The van der Waals surface area contributed by atoms with E-state index in [4.69, 9.17) is 10.3 Å². The van der Waals surface area contributed by atoms with E-state index in [0.29, 0.717) is 11.1 Å². The van der Waals surface area contributed by atoms with Gasteiger partial charge in [-0.1, -0.05) is 18.2 Å². The minimum atomic E-state index is -4.17. The molecule has 2 rings (SSSR count). The molecule has 0 aromatic heterocycles. The van der Waals surface area contributed by atoms with Crippen molar-refractivity contribution in [3.05, 3.63) is 36.4 Å². The van der Waals surface area contributed by atoms with Gasteiger partial charge in [-0.15, -0.1) is 0 Å². The van der Waals surface area contributed by atoms with Crippen molar-refractivity contribution in [2.45, 2.75) is 4.90 Å². The first-order valence-corrected chi connectivity index (χ1v) is 5.68. The van der Waals surface area contributed by atoms with E-state index in [1.54, 1.807) is 18.2 Å². The SMILES string of the molecule is Nc1cccc2ccc(S(=O)(=O)O)cc12.[Mg+2]. The number of nitrogens with two attached hydrogens (primary N) is 1. The van der Waals surface area contributed by atoms with E-state index in [1.807, 2.05) is 6.07 Å². The first-order chi connectivity index (χ1) is 6.98. The predicted octanol–water partition coefficient (Wildman–Crippen LogP) is 1.29. The molecule has 0 unspecified atom stereocenters. The first kappa shape index (κ1) is 13.2. The molecule has 0 fully saturated rings. The molecule has 6 heteroatoms. The number of rotatable bonds is 1. The van der Waals surface area contributed by atoms with Crippen molar-refractivity contribution in [3.63, 3.8) is 0 Å². The van der Waals surface area contributed by atoms with Crippen molar-refractivity contribution in [1.82, 2.24) is 0 Å². The smallest absolute Gasteiger partial charge is 0.398 e. The second-order valence-corrected chi connectivity index (χ2v) is 4.63. The van der Waals surface area contributed by atoms with Gasteiger partial charge >= 0.3 is 23.1 Å². The average Bonchev–Trinajstić information content (AvgIpc) is 2.16. The summed E-state index contributed by atoms with van der Waals surface area (Å²) >= 11 is 0. The number of anilines is 1. The molecule has 0 radical (unpaired) electrons. The maximum absolute atomic E-state index is 10.9. The topological polar surface area (TPSA) is 80.4 Å². The Balaban J connectivity index is 0.00000128. The normalized spacial score (nSPS) is 11.1. The number of fused-ring (bicyclic) bond motifs is 1. The maximum atomic E-state index is 10.9. The van der Waals surface area contributed by atoms with Crippen LogP contribution in [0.2, 0.25) is 0 Å². The van der Waals surface area contributed by atoms with Gasteiger partial charge in [0.2, 0.25) is 0 Å². The van der Waals surface area contributed by atoms with E-state index < -0.39 is 10.1 Å². The summed E-state index contributed by atoms with van der Waals surface area (Å²) in [5, 5.41) is 1.45. The van der Waals surface area contributed by atoms with Crippen LogP contribution < -0.4 is 5.73 Å². The monoisotopic (exact) mass is 247 g/mol. The van der Waals surface area contributed by atoms with Gasteiger partial charge < -0.3 is 5.73 Å². The van der Waals surface area contributed by atoms with Crippen LogP contribution in [0.4, 0.5) is 5.69 Å². The molecule has 0 amide bonds. The van der Waals surface area contributed by atoms with Gasteiger partial charge in [0, 0.05) is 11.1 Å². The van der Waals surface area contributed by atoms with Gasteiger partial charge in [0.1, 0.15) is 0 Å². The molecule has 0 bridgehead atoms. The van der Waals surface area contributed by atoms with Crippen LogP contribution >= 0.6 is 0 Å². The Bertz CT molecular complexity index is 625. The van der Waals surface area contributed by atoms with Crippen molar-refractivity contribution in [1.29, 1.82) is 0 Å². The molecule has 0 aliphatic heterocycles. The predicted molar refractivity (Wildman–Crippen MR) is 63.9 cm³/mol. The molecule has 78 valence electrons. The van der Waals surface area contributed by atoms with Crippen molar-refractivity contribution >= 4 is 49.6 Å². The Kier molecular flexibility index (Phi) is 3.79. The molecule has 2 aromatic rings. The summed E-state index contributed by atoms with van der Waals surface area (Å²) in [5.41, 5.74) is 6.18. The van der Waals surface area contributed by atoms with Gasteiger partial charge in [-0.2, -0.15) is 8.42 Å². The summed E-state index contributed by atoms with van der Waals surface area (Å²) in [6.07, 6.45) is 0. The Morgan fingerprint density at radius 1 is 1.12 bits per heavy atom. The second kappa shape index (κ2) is 4.58. The van der Waals surface area contributed by atoms with Crippen LogP contribution in [0.1, 0.15) is 0 Å². The van der Waals surface area contributed by atoms with E-state index in [1.165, 1.54) is 12.1 Å². The molecule has 0 saturated heterocycles. The van der Waals surface area contributed by atoms with Crippen LogP contribution in [0.25, 0.3) is 10.8 Å². The van der Waals surface area contributed by atoms with Crippen LogP contribution in [0, 0.1) is 0 Å². The number of benzene rings is 2. The summed E-state index contributed by atoms with van der Waals surface area (Å²) in [4.78, 5) is -0.145. The summed E-state index contributed by atoms with van der Waals surface area (Å²) in [7, 11) is -4.17. The summed E-state index contributed by atoms with van der Waals surface area (Å²) in [5.74, 6) is 0. The Morgan fingerprint density at radius 3 is 2.44 bits per heavy atom. The third-order valence-electron chi connectivity index (χ3n) is 2.19. The molecule has 0 saturated carbocycles. The molecule has 2 aromatic carbocycles. The molecule has 0 spiro atoms. The molecule has 3 N–H and O–H groups in total. The minimum absolute atomic E-state index is 0. The molecular weight excluding hydrogens is 238 g/mol. The zero-order valence-electron chi connectivity index (χ0n) is 8.42. The van der Waals surface area contributed by atoms with Crippen LogP contribution in [0.15, 0.2) is 41.3 Å². The standard InChI is InChI=1S/C10H9NO3S.Mg/c11-10-3-1-2-7-4-5-8(6-9(7)10)15(12,13)14;/h1-6H,11H2,(H,12,13,14);/q;+2. The van der Waals surface area contributed by atoms with Crippen LogP contribution in [0.5, 0.6) is 0 Å². The molecule has 16 heavy (non-hydrogen) atoms. The van der Waals surface area contributed by atoms with Gasteiger partial charge in [-0.3, -0.25) is 4.55 Å². The van der Waals surface area contributed by atoms with Gasteiger partial charge in [0.25, 0.3) is 10.1 Å². The largest absolute Gasteiger partial charge is 2.00 e. The van der Waals surface area contributed by atoms with Gasteiger partial charge in [-0.05, 0) is 23.6 Å². The average molecular weight is 248 g/mol. The van der Waals surface area contributed by atoms with Crippen LogP contribution in [-0.4, -0.2) is 36.0 Å². The van der Waals surface area contributed by atoms with E-state index in [-0.39, 0.29) is 27.9 Å². The van der Waals surface area contributed by atoms with Gasteiger partial charge in [-0.25, -0.2) is 0 Å². The molecular formula is C10H9MgNO3S+2. The first-order valence-electron chi connectivity index (χ1n) is 4.24. The van der Waals surface area contributed by atoms with E-state index >= 15 is 0 Å². The number of hydrogen-bond donors (Lipinski definition) is 2. The third-order valence-corrected chi connectivity index (χ3v) is 3.03. The van der Waals surface area contributed by atoms with Crippen molar-refractivity contribution in [2.75, 3.05) is 5.73 Å². The minimum Gasteiger partial charge on any atom is -0.398 e. The molecule has 0 aliphatic carbocycles. The number of hydrogen-bond acceptors (Lipinski definition) is 3. The second-order valence-electron chi connectivity index (χ2n) is 3.21. The quantitative estimate of drug-likeness (QED) is 0.452. The molecule has 0 aliphatic rings. The van der Waals surface area contributed by atoms with Crippen molar-refractivity contribution in [2.24, 2.45) is 0 Å². The molecule has 4 nitrogen and oxygen atoms in total. The summed E-state index contributed by atoms with van der Waals surface area (Å²) in [6, 6.07) is 9.59. The van der Waals surface area contributed by atoms with E-state index in [2.05, 4.69) is 0 Å². The Hall–Kier alpha value is -0.824. The Morgan fingerprint density at radius 2 is 1.81 bits per heavy atom. The zero-order valence-corrected chi connectivity index (χ0v) is 10.7. The summed E-state index contributed by atoms with van der Waals surface area (Å²) in [6.45, 7) is 0. The number of nitrogen functional groups attached to an aromatic ring is 1.